The van der Waals surface area contributed by atoms with Gasteiger partial charge < -0.3 is 14.2 Å². The number of esters is 2. The highest BCUT2D eigenvalue weighted by Crippen LogP contribution is 2.61. The highest BCUT2D eigenvalue weighted by molar-refractivity contribution is 7.86. The van der Waals surface area contributed by atoms with Crippen molar-refractivity contribution in [3.63, 3.8) is 0 Å². The first kappa shape index (κ1) is 32.6. The zero-order valence-corrected chi connectivity index (χ0v) is 20.7. The lowest BCUT2D eigenvalue weighted by molar-refractivity contribution is -0.373. The Balaban J connectivity index is 2.01. The molecule has 0 saturated heterocycles. The van der Waals surface area contributed by atoms with Crippen LogP contribution in [0.25, 0.3) is 0 Å². The van der Waals surface area contributed by atoms with E-state index in [9.17, 15) is 66.3 Å². The largest absolute Gasteiger partial charge is 0.468 e. The molecule has 1 unspecified atom stereocenters. The molecular formula is C20H21F11O8S. The van der Waals surface area contributed by atoms with Crippen LogP contribution >= 0.6 is 0 Å². The van der Waals surface area contributed by atoms with E-state index < -0.39 is 76.2 Å². The van der Waals surface area contributed by atoms with Crippen LogP contribution in [0.4, 0.5) is 48.3 Å². The third-order valence-corrected chi connectivity index (χ3v) is 8.20. The van der Waals surface area contributed by atoms with E-state index in [1.54, 1.807) is 0 Å². The predicted octanol–water partition coefficient (Wildman–Crippen LogP) is 4.93. The smallest absolute Gasteiger partial charge is 0.438 e. The minimum Gasteiger partial charge on any atom is -0.438 e. The molecule has 0 amide bonds. The third kappa shape index (κ3) is 6.27. The van der Waals surface area contributed by atoms with Gasteiger partial charge in [-0.05, 0) is 56.3 Å². The van der Waals surface area contributed by atoms with Gasteiger partial charge in [0.2, 0.25) is 0 Å². The summed E-state index contributed by atoms with van der Waals surface area (Å²) in [4.78, 5) is 25.6. The summed E-state index contributed by atoms with van der Waals surface area (Å²) in [6.07, 6.45) is -25.7. The van der Waals surface area contributed by atoms with Gasteiger partial charge in [0, 0.05) is 0 Å². The van der Waals surface area contributed by atoms with E-state index in [-0.39, 0.29) is 37.0 Å². The van der Waals surface area contributed by atoms with Gasteiger partial charge in [-0.15, -0.1) is 0 Å². The fraction of sp³-hybridized carbons (Fsp3) is 0.900. The lowest BCUT2D eigenvalue weighted by Crippen LogP contribution is -2.63. The fourth-order valence-corrected chi connectivity index (χ4v) is 6.27. The Morgan fingerprint density at radius 1 is 0.825 bits per heavy atom. The first-order chi connectivity index (χ1) is 17.8. The second kappa shape index (κ2) is 10.1. The van der Waals surface area contributed by atoms with Crippen LogP contribution in [0.5, 0.6) is 0 Å². The van der Waals surface area contributed by atoms with E-state index in [0.29, 0.717) is 19.3 Å². The molecule has 40 heavy (non-hydrogen) atoms. The Labute approximate surface area is 218 Å². The molecule has 4 aliphatic carbocycles. The maximum Gasteiger partial charge on any atom is 0.468 e. The van der Waals surface area contributed by atoms with Gasteiger partial charge in [0.25, 0.3) is 6.10 Å². The Kier molecular flexibility index (Phi) is 8.21. The molecule has 0 spiro atoms. The van der Waals surface area contributed by atoms with Gasteiger partial charge in [-0.3, -0.25) is 9.35 Å². The number of carbonyl (C=O) groups is 2. The molecule has 0 aliphatic heterocycles. The van der Waals surface area contributed by atoms with E-state index in [1.807, 2.05) is 0 Å². The van der Waals surface area contributed by atoms with Crippen molar-refractivity contribution in [2.24, 2.45) is 23.2 Å². The molecule has 0 aromatic carbocycles. The maximum atomic E-state index is 14.2. The van der Waals surface area contributed by atoms with Gasteiger partial charge in [-0.2, -0.15) is 56.7 Å². The van der Waals surface area contributed by atoms with E-state index in [0.717, 1.165) is 0 Å². The molecule has 0 radical (unpaired) electrons. The van der Waals surface area contributed by atoms with Crippen molar-refractivity contribution in [3.8, 4) is 0 Å². The topological polar surface area (TPSA) is 116 Å². The number of ether oxygens (including phenoxy) is 3. The molecule has 4 bridgehead atoms. The lowest BCUT2D eigenvalue weighted by Gasteiger charge is -2.55. The zero-order valence-electron chi connectivity index (χ0n) is 19.8. The van der Waals surface area contributed by atoms with Crippen molar-refractivity contribution in [1.82, 2.24) is 0 Å². The molecule has 0 heterocycles. The van der Waals surface area contributed by atoms with Crippen LogP contribution in [0.15, 0.2) is 0 Å². The average Bonchev–Trinajstić information content (AvgIpc) is 2.72. The quantitative estimate of drug-likeness (QED) is 0.165. The van der Waals surface area contributed by atoms with Gasteiger partial charge in [-0.1, -0.05) is 0 Å². The van der Waals surface area contributed by atoms with Crippen molar-refractivity contribution in [2.75, 3.05) is 6.61 Å². The van der Waals surface area contributed by atoms with Gasteiger partial charge in [0.1, 0.15) is 0 Å². The van der Waals surface area contributed by atoms with Crippen LogP contribution in [0, 0.1) is 23.2 Å². The minimum absolute atomic E-state index is 0.0869. The third-order valence-electron chi connectivity index (χ3n) is 7.24. The SMILES string of the molecule is O=C(OC(OCCC(F)(F)S(=O)(=O)O)(C(=O)OC(C(F)(F)F)C(F)(F)F)C(F)(F)F)C12CC3CC(CC(C3)C1)C2. The first-order valence-electron chi connectivity index (χ1n) is 11.5. The molecule has 0 aromatic rings. The normalized spacial score (nSPS) is 28.9. The molecule has 20 heteroatoms. The number of hydrogen-bond acceptors (Lipinski definition) is 7. The van der Waals surface area contributed by atoms with E-state index in [1.165, 1.54) is 0 Å². The van der Waals surface area contributed by atoms with Gasteiger partial charge in [0.05, 0.1) is 18.4 Å². The summed E-state index contributed by atoms with van der Waals surface area (Å²) in [6, 6.07) is 0. The van der Waals surface area contributed by atoms with Crippen molar-refractivity contribution < 1.29 is 85.1 Å². The maximum absolute atomic E-state index is 14.2. The lowest BCUT2D eigenvalue weighted by atomic mass is 9.49. The Morgan fingerprint density at radius 2 is 1.25 bits per heavy atom. The molecule has 232 valence electrons. The Morgan fingerprint density at radius 3 is 1.60 bits per heavy atom. The van der Waals surface area contributed by atoms with Crippen molar-refractivity contribution in [1.29, 1.82) is 0 Å². The van der Waals surface area contributed by atoms with Crippen LogP contribution < -0.4 is 0 Å². The van der Waals surface area contributed by atoms with E-state index >= 15 is 0 Å². The second-order valence-electron chi connectivity index (χ2n) is 10.3. The zero-order chi connectivity index (χ0) is 30.7. The minimum atomic E-state index is -6.53. The predicted molar refractivity (Wildman–Crippen MR) is 105 cm³/mol. The summed E-state index contributed by atoms with van der Waals surface area (Å²) >= 11 is 0. The summed E-state index contributed by atoms with van der Waals surface area (Å²) in [5, 5.41) is -5.25. The average molecular weight is 630 g/mol. The number of alkyl halides is 11. The highest BCUT2D eigenvalue weighted by atomic mass is 32.2. The molecule has 1 atom stereocenters. The molecule has 4 saturated carbocycles. The number of carbonyl (C=O) groups excluding carboxylic acids is 2. The summed E-state index contributed by atoms with van der Waals surface area (Å²) in [5.74, 6) is -11.5. The van der Waals surface area contributed by atoms with Gasteiger partial charge >= 0.3 is 51.6 Å². The first-order valence-corrected chi connectivity index (χ1v) is 12.9. The molecular weight excluding hydrogens is 609 g/mol. The van der Waals surface area contributed by atoms with E-state index in [2.05, 4.69) is 14.2 Å². The van der Waals surface area contributed by atoms with E-state index in [4.69, 9.17) is 4.55 Å². The van der Waals surface area contributed by atoms with Gasteiger partial charge in [-0.25, -0.2) is 4.79 Å². The second-order valence-corrected chi connectivity index (χ2v) is 11.8. The summed E-state index contributed by atoms with van der Waals surface area (Å²) in [5.41, 5.74) is -1.74. The van der Waals surface area contributed by atoms with Crippen LogP contribution in [0.1, 0.15) is 44.9 Å². The van der Waals surface area contributed by atoms with Crippen LogP contribution in [-0.2, 0) is 33.9 Å². The van der Waals surface area contributed by atoms with Crippen LogP contribution in [0.2, 0.25) is 0 Å². The molecule has 1 N–H and O–H groups in total. The molecule has 0 aromatic heterocycles. The Bertz CT molecular complexity index is 1050. The standard InChI is InChI=1S/C20H21F11O8S/c21-16(22,40(34,35)36)1-2-37-17(20(29,30)31,14(33)38-12(18(23,24)25)19(26,27)28)39-13(32)15-6-9-3-10(7-15)5-11(4-9)8-15/h9-12H,1-8H2,(H,34,35,36). The summed E-state index contributed by atoms with van der Waals surface area (Å²) in [6.45, 7) is -2.28. The summed E-state index contributed by atoms with van der Waals surface area (Å²) in [7, 11) is -6.30. The van der Waals surface area contributed by atoms with Crippen molar-refractivity contribution in [3.05, 3.63) is 0 Å². The number of rotatable bonds is 9. The van der Waals surface area contributed by atoms with Crippen molar-refractivity contribution >= 4 is 22.1 Å². The molecule has 4 rings (SSSR count). The molecule has 4 aliphatic rings. The highest BCUT2D eigenvalue weighted by Gasteiger charge is 2.72. The van der Waals surface area contributed by atoms with Crippen LogP contribution in [-0.4, -0.2) is 67.2 Å². The van der Waals surface area contributed by atoms with Gasteiger partial charge in [0.15, 0.2) is 0 Å². The molecule has 4 fully saturated rings. The number of hydrogen-bond donors (Lipinski definition) is 1. The van der Waals surface area contributed by atoms with Crippen molar-refractivity contribution in [2.45, 2.75) is 80.6 Å². The summed E-state index contributed by atoms with van der Waals surface area (Å²) < 4.78 is 189. The van der Waals surface area contributed by atoms with Crippen LogP contribution in [0.3, 0.4) is 0 Å². The number of halogens is 11. The monoisotopic (exact) mass is 630 g/mol. The molecule has 8 nitrogen and oxygen atoms in total. The Hall–Kier alpha value is -1.96. The fourth-order valence-electron chi connectivity index (χ4n) is 5.93.